The van der Waals surface area contributed by atoms with Crippen LogP contribution in [0.15, 0.2) is 29.8 Å². The van der Waals surface area contributed by atoms with Gasteiger partial charge in [-0.2, -0.15) is 0 Å². The monoisotopic (exact) mass is 303 g/mol. The Morgan fingerprint density at radius 1 is 1.43 bits per heavy atom. The van der Waals surface area contributed by atoms with E-state index >= 15 is 0 Å². The number of hydrogen-bond acceptors (Lipinski definition) is 3. The molecule has 0 saturated heterocycles. The van der Waals surface area contributed by atoms with Crippen molar-refractivity contribution >= 4 is 27.9 Å². The maximum atomic E-state index is 13.5. The van der Waals surface area contributed by atoms with E-state index in [1.165, 1.54) is 17.4 Å². The summed E-state index contributed by atoms with van der Waals surface area (Å²) in [7, 11) is 0. The standard InChI is InChI=1S/C15H14FN3OS/c1-9-3-4-11(5-13(9)16)18-14(20)6-12-8-21-15-17-10(2)7-19(12)15/h3-5,7-8H,6H2,1-2H3,(H,18,20). The number of aryl methyl sites for hydroxylation is 2. The largest absolute Gasteiger partial charge is 0.326 e. The van der Waals surface area contributed by atoms with Crippen LogP contribution in [-0.4, -0.2) is 15.3 Å². The van der Waals surface area contributed by atoms with Crippen LogP contribution in [-0.2, 0) is 11.2 Å². The topological polar surface area (TPSA) is 46.4 Å². The highest BCUT2D eigenvalue weighted by Crippen LogP contribution is 2.18. The summed E-state index contributed by atoms with van der Waals surface area (Å²) in [5.41, 5.74) is 2.82. The lowest BCUT2D eigenvalue weighted by molar-refractivity contribution is -0.115. The van der Waals surface area contributed by atoms with E-state index in [-0.39, 0.29) is 18.1 Å². The molecule has 0 radical (unpaired) electrons. The van der Waals surface area contributed by atoms with Crippen molar-refractivity contribution in [1.29, 1.82) is 0 Å². The van der Waals surface area contributed by atoms with Gasteiger partial charge in [0.25, 0.3) is 0 Å². The van der Waals surface area contributed by atoms with Gasteiger partial charge in [-0.3, -0.25) is 9.20 Å². The molecule has 108 valence electrons. The third-order valence-corrected chi connectivity index (χ3v) is 4.09. The van der Waals surface area contributed by atoms with Crippen molar-refractivity contribution in [3.8, 4) is 0 Å². The predicted octanol–water partition coefficient (Wildman–Crippen LogP) is 3.33. The highest BCUT2D eigenvalue weighted by atomic mass is 32.1. The summed E-state index contributed by atoms with van der Waals surface area (Å²) in [6, 6.07) is 4.67. The molecular formula is C15H14FN3OS. The first-order valence-electron chi connectivity index (χ1n) is 6.51. The third-order valence-electron chi connectivity index (χ3n) is 3.20. The summed E-state index contributed by atoms with van der Waals surface area (Å²) in [6.07, 6.45) is 2.13. The molecule has 21 heavy (non-hydrogen) atoms. The van der Waals surface area contributed by atoms with Crippen molar-refractivity contribution in [2.24, 2.45) is 0 Å². The molecule has 0 spiro atoms. The number of rotatable bonds is 3. The fourth-order valence-electron chi connectivity index (χ4n) is 2.11. The predicted molar refractivity (Wildman–Crippen MR) is 81.3 cm³/mol. The van der Waals surface area contributed by atoms with Gasteiger partial charge in [-0.15, -0.1) is 11.3 Å². The molecule has 3 aromatic rings. The first-order chi connectivity index (χ1) is 10.0. The number of hydrogen-bond donors (Lipinski definition) is 1. The van der Waals surface area contributed by atoms with E-state index in [9.17, 15) is 9.18 Å². The van der Waals surface area contributed by atoms with E-state index in [2.05, 4.69) is 10.3 Å². The van der Waals surface area contributed by atoms with Gasteiger partial charge >= 0.3 is 0 Å². The zero-order valence-corrected chi connectivity index (χ0v) is 12.5. The van der Waals surface area contributed by atoms with E-state index in [1.54, 1.807) is 19.1 Å². The zero-order valence-electron chi connectivity index (χ0n) is 11.7. The van der Waals surface area contributed by atoms with E-state index in [0.29, 0.717) is 11.3 Å². The second kappa shape index (κ2) is 5.29. The number of anilines is 1. The fraction of sp³-hybridized carbons (Fsp3) is 0.200. The van der Waals surface area contributed by atoms with Crippen LogP contribution in [0.5, 0.6) is 0 Å². The molecule has 0 unspecified atom stereocenters. The van der Waals surface area contributed by atoms with Gasteiger partial charge in [0.15, 0.2) is 4.96 Å². The van der Waals surface area contributed by atoms with Gasteiger partial charge in [0.2, 0.25) is 5.91 Å². The molecule has 0 fully saturated rings. The van der Waals surface area contributed by atoms with Gasteiger partial charge in [0.05, 0.1) is 12.1 Å². The summed E-state index contributed by atoms with van der Waals surface area (Å²) >= 11 is 1.50. The van der Waals surface area contributed by atoms with Crippen LogP contribution in [0.3, 0.4) is 0 Å². The zero-order chi connectivity index (χ0) is 15.0. The molecule has 0 aliphatic rings. The molecule has 0 aliphatic heterocycles. The number of amides is 1. The average Bonchev–Trinajstić information content (AvgIpc) is 2.95. The number of aromatic nitrogens is 2. The minimum Gasteiger partial charge on any atom is -0.326 e. The minimum atomic E-state index is -0.323. The van der Waals surface area contributed by atoms with Gasteiger partial charge < -0.3 is 5.32 Å². The number of fused-ring (bicyclic) bond motifs is 1. The molecule has 4 nitrogen and oxygen atoms in total. The number of carbonyl (C=O) groups is 1. The summed E-state index contributed by atoms with van der Waals surface area (Å²) < 4.78 is 15.4. The highest BCUT2D eigenvalue weighted by molar-refractivity contribution is 7.15. The summed E-state index contributed by atoms with van der Waals surface area (Å²) in [5.74, 6) is -0.500. The Bertz CT molecular complexity index is 822. The number of carbonyl (C=O) groups excluding carboxylic acids is 1. The number of nitrogens with zero attached hydrogens (tertiary/aromatic N) is 2. The van der Waals surface area contributed by atoms with Crippen molar-refractivity contribution in [3.63, 3.8) is 0 Å². The number of halogens is 1. The first-order valence-corrected chi connectivity index (χ1v) is 7.39. The highest BCUT2D eigenvalue weighted by Gasteiger charge is 2.11. The summed E-state index contributed by atoms with van der Waals surface area (Å²) in [6.45, 7) is 3.60. The lowest BCUT2D eigenvalue weighted by atomic mass is 10.2. The van der Waals surface area contributed by atoms with Gasteiger partial charge in [-0.25, -0.2) is 9.37 Å². The van der Waals surface area contributed by atoms with Crippen LogP contribution < -0.4 is 5.32 Å². The lowest BCUT2D eigenvalue weighted by Crippen LogP contribution is -2.15. The van der Waals surface area contributed by atoms with Crippen molar-refractivity contribution < 1.29 is 9.18 Å². The van der Waals surface area contributed by atoms with E-state index in [1.807, 2.05) is 22.9 Å². The Labute approximate surface area is 125 Å². The van der Waals surface area contributed by atoms with Crippen LogP contribution in [0.1, 0.15) is 17.0 Å². The van der Waals surface area contributed by atoms with Gasteiger partial charge in [-0.05, 0) is 31.5 Å². The fourth-order valence-corrected chi connectivity index (χ4v) is 3.03. The SMILES string of the molecule is Cc1cn2c(CC(=O)Nc3ccc(C)c(F)c3)csc2n1. The Morgan fingerprint density at radius 2 is 2.24 bits per heavy atom. The molecule has 1 amide bonds. The molecule has 0 atom stereocenters. The van der Waals surface area contributed by atoms with Crippen LogP contribution in [0.4, 0.5) is 10.1 Å². The van der Waals surface area contributed by atoms with Gasteiger partial charge in [-0.1, -0.05) is 6.07 Å². The smallest absolute Gasteiger partial charge is 0.230 e. The first kappa shape index (κ1) is 13.8. The van der Waals surface area contributed by atoms with E-state index < -0.39 is 0 Å². The second-order valence-corrected chi connectivity index (χ2v) is 5.79. The summed E-state index contributed by atoms with van der Waals surface area (Å²) in [5, 5.41) is 4.63. The lowest BCUT2D eigenvalue weighted by Gasteiger charge is -2.06. The molecular weight excluding hydrogens is 289 g/mol. The number of benzene rings is 1. The molecule has 1 N–H and O–H groups in total. The molecule has 1 aromatic carbocycles. The molecule has 2 heterocycles. The number of nitrogens with one attached hydrogen (secondary N) is 1. The van der Waals surface area contributed by atoms with Crippen LogP contribution in [0, 0.1) is 19.7 Å². The molecule has 6 heteroatoms. The molecule has 0 saturated carbocycles. The second-order valence-electron chi connectivity index (χ2n) is 4.95. The molecule has 3 rings (SSSR count). The van der Waals surface area contributed by atoms with E-state index in [4.69, 9.17) is 0 Å². The summed E-state index contributed by atoms with van der Waals surface area (Å²) in [4.78, 5) is 17.3. The normalized spacial score (nSPS) is 11.0. The Hall–Kier alpha value is -2.21. The number of thiazole rings is 1. The van der Waals surface area contributed by atoms with Crippen molar-refractivity contribution in [2.75, 3.05) is 5.32 Å². The average molecular weight is 303 g/mol. The van der Waals surface area contributed by atoms with Crippen LogP contribution >= 0.6 is 11.3 Å². The van der Waals surface area contributed by atoms with Gasteiger partial charge in [0, 0.05) is 23.0 Å². The maximum absolute atomic E-state index is 13.5. The molecule has 0 aliphatic carbocycles. The quantitative estimate of drug-likeness (QED) is 0.806. The molecule has 2 aromatic heterocycles. The Balaban J connectivity index is 1.75. The Kier molecular flexibility index (Phi) is 3.47. The Morgan fingerprint density at radius 3 is 3.00 bits per heavy atom. The van der Waals surface area contributed by atoms with Crippen molar-refractivity contribution in [2.45, 2.75) is 20.3 Å². The minimum absolute atomic E-state index is 0.177. The van der Waals surface area contributed by atoms with E-state index in [0.717, 1.165) is 16.3 Å². The van der Waals surface area contributed by atoms with Crippen LogP contribution in [0.2, 0.25) is 0 Å². The number of imidazole rings is 1. The van der Waals surface area contributed by atoms with Crippen molar-refractivity contribution in [1.82, 2.24) is 9.38 Å². The van der Waals surface area contributed by atoms with Gasteiger partial charge in [0.1, 0.15) is 5.82 Å². The molecule has 0 bridgehead atoms. The third kappa shape index (κ3) is 2.80. The van der Waals surface area contributed by atoms with Crippen LogP contribution in [0.25, 0.3) is 4.96 Å². The maximum Gasteiger partial charge on any atom is 0.230 e. The van der Waals surface area contributed by atoms with Crippen molar-refractivity contribution in [3.05, 3.63) is 52.5 Å².